The number of nitrogens with two attached hydrogens (primary N) is 1. The highest BCUT2D eigenvalue weighted by molar-refractivity contribution is 9.09. The Bertz CT molecular complexity index is 376. The van der Waals surface area contributed by atoms with Crippen molar-refractivity contribution >= 4 is 21.6 Å². The largest absolute Gasteiger partial charge is 0.396 e. The van der Waals surface area contributed by atoms with Crippen LogP contribution in [0.4, 0.5) is 10.1 Å². The third-order valence-electron chi connectivity index (χ3n) is 1.63. The van der Waals surface area contributed by atoms with Gasteiger partial charge in [-0.2, -0.15) is 0 Å². The normalized spacial score (nSPS) is 9.15. The molecule has 3 heteroatoms. The molecule has 0 saturated heterocycles. The van der Waals surface area contributed by atoms with Crippen LogP contribution in [0.15, 0.2) is 12.1 Å². The van der Waals surface area contributed by atoms with Gasteiger partial charge >= 0.3 is 0 Å². The fourth-order valence-corrected chi connectivity index (χ4v) is 1.11. The molecule has 0 heterocycles. The van der Waals surface area contributed by atoms with Crippen molar-refractivity contribution in [1.82, 2.24) is 0 Å². The summed E-state index contributed by atoms with van der Waals surface area (Å²) in [5.74, 6) is 5.24. The lowest BCUT2D eigenvalue weighted by Gasteiger charge is -2.01. The third kappa shape index (κ3) is 2.46. The Balaban J connectivity index is 3.16. The van der Waals surface area contributed by atoms with Crippen LogP contribution in [0.25, 0.3) is 0 Å². The van der Waals surface area contributed by atoms with Gasteiger partial charge in [0.15, 0.2) is 0 Å². The number of rotatable bonds is 0. The van der Waals surface area contributed by atoms with Crippen LogP contribution in [-0.4, -0.2) is 5.33 Å². The van der Waals surface area contributed by atoms with Crippen molar-refractivity contribution in [2.45, 2.75) is 6.92 Å². The quantitative estimate of drug-likeness (QED) is 0.422. The minimum absolute atomic E-state index is 0.168. The molecule has 0 aliphatic carbocycles. The van der Waals surface area contributed by atoms with Crippen LogP contribution >= 0.6 is 15.9 Å². The second-order valence-electron chi connectivity index (χ2n) is 2.62. The second kappa shape index (κ2) is 4.29. The summed E-state index contributed by atoms with van der Waals surface area (Å²) in [4.78, 5) is 0. The van der Waals surface area contributed by atoms with Crippen LogP contribution in [0.3, 0.4) is 0 Å². The number of benzene rings is 1. The van der Waals surface area contributed by atoms with Gasteiger partial charge in [0.1, 0.15) is 5.82 Å². The molecule has 1 aromatic carbocycles. The van der Waals surface area contributed by atoms with E-state index in [4.69, 9.17) is 5.73 Å². The Morgan fingerprint density at radius 2 is 2.23 bits per heavy atom. The first-order chi connectivity index (χ1) is 6.15. The monoisotopic (exact) mass is 241 g/mol. The van der Waals surface area contributed by atoms with E-state index in [0.717, 1.165) is 5.56 Å². The Morgan fingerprint density at radius 1 is 1.54 bits per heavy atom. The first kappa shape index (κ1) is 10.1. The van der Waals surface area contributed by atoms with Gasteiger partial charge < -0.3 is 5.73 Å². The second-order valence-corrected chi connectivity index (χ2v) is 3.18. The highest BCUT2D eigenvalue weighted by Crippen LogP contribution is 2.15. The van der Waals surface area contributed by atoms with Crippen LogP contribution in [0.2, 0.25) is 0 Å². The summed E-state index contributed by atoms with van der Waals surface area (Å²) < 4.78 is 13.0. The van der Waals surface area contributed by atoms with Crippen molar-refractivity contribution in [2.75, 3.05) is 11.1 Å². The van der Waals surface area contributed by atoms with E-state index >= 15 is 0 Å². The molecule has 68 valence electrons. The minimum Gasteiger partial charge on any atom is -0.396 e. The predicted octanol–water partition coefficient (Wildman–Crippen LogP) is 2.46. The number of halogens is 2. The molecule has 0 amide bonds. The lowest BCUT2D eigenvalue weighted by Crippen LogP contribution is -1.93. The number of nitrogen functional groups attached to an aromatic ring is 1. The highest BCUT2D eigenvalue weighted by atomic mass is 79.9. The number of anilines is 1. The van der Waals surface area contributed by atoms with Gasteiger partial charge in [0.05, 0.1) is 11.0 Å². The molecule has 1 aromatic rings. The van der Waals surface area contributed by atoms with Gasteiger partial charge in [-0.1, -0.05) is 27.8 Å². The molecule has 0 aliphatic rings. The van der Waals surface area contributed by atoms with Gasteiger partial charge in [-0.3, -0.25) is 0 Å². The third-order valence-corrected chi connectivity index (χ3v) is 1.91. The molecule has 0 atom stereocenters. The van der Waals surface area contributed by atoms with Gasteiger partial charge in [-0.05, 0) is 24.6 Å². The molecule has 0 bridgehead atoms. The summed E-state index contributed by atoms with van der Waals surface area (Å²) >= 11 is 3.17. The van der Waals surface area contributed by atoms with Crippen molar-refractivity contribution in [3.8, 4) is 11.8 Å². The Kier molecular flexibility index (Phi) is 3.32. The maximum Gasteiger partial charge on any atom is 0.147 e. The topological polar surface area (TPSA) is 26.0 Å². The van der Waals surface area contributed by atoms with E-state index < -0.39 is 5.82 Å². The number of aryl methyl sites for hydroxylation is 1. The Labute approximate surface area is 85.3 Å². The zero-order valence-corrected chi connectivity index (χ0v) is 8.78. The van der Waals surface area contributed by atoms with E-state index in [-0.39, 0.29) is 5.69 Å². The van der Waals surface area contributed by atoms with E-state index in [1.165, 1.54) is 6.07 Å². The molecule has 1 rings (SSSR count). The zero-order chi connectivity index (χ0) is 9.84. The number of alkyl halides is 1. The molecule has 0 radical (unpaired) electrons. The molecule has 0 fully saturated rings. The average Bonchev–Trinajstić information content (AvgIpc) is 2.09. The van der Waals surface area contributed by atoms with Crippen LogP contribution in [0.1, 0.15) is 11.1 Å². The number of hydrogen-bond donors (Lipinski definition) is 1. The number of hydrogen-bond acceptors (Lipinski definition) is 1. The fraction of sp³-hybridized carbons (Fsp3) is 0.200. The summed E-state index contributed by atoms with van der Waals surface area (Å²) in [6.07, 6.45) is 0. The summed E-state index contributed by atoms with van der Waals surface area (Å²) in [7, 11) is 0. The van der Waals surface area contributed by atoms with Crippen LogP contribution in [0, 0.1) is 24.6 Å². The maximum absolute atomic E-state index is 13.0. The molecule has 0 aromatic heterocycles. The van der Waals surface area contributed by atoms with E-state index in [0.29, 0.717) is 10.9 Å². The molecule has 1 nitrogen and oxygen atoms in total. The summed E-state index contributed by atoms with van der Waals surface area (Å²) in [6.45, 7) is 1.86. The molecule has 0 unspecified atom stereocenters. The first-order valence-corrected chi connectivity index (χ1v) is 4.87. The summed E-state index contributed by atoms with van der Waals surface area (Å²) in [5.41, 5.74) is 7.14. The van der Waals surface area contributed by atoms with E-state index in [2.05, 4.69) is 27.8 Å². The lowest BCUT2D eigenvalue weighted by atomic mass is 10.1. The zero-order valence-electron chi connectivity index (χ0n) is 7.20. The van der Waals surface area contributed by atoms with E-state index in [9.17, 15) is 4.39 Å². The highest BCUT2D eigenvalue weighted by Gasteiger charge is 2.01. The van der Waals surface area contributed by atoms with Crippen molar-refractivity contribution in [1.29, 1.82) is 0 Å². The van der Waals surface area contributed by atoms with Crippen molar-refractivity contribution in [3.63, 3.8) is 0 Å². The summed E-state index contributed by atoms with van der Waals surface area (Å²) in [6, 6.07) is 2.95. The van der Waals surface area contributed by atoms with E-state index in [1.807, 2.05) is 6.92 Å². The molecule has 13 heavy (non-hydrogen) atoms. The van der Waals surface area contributed by atoms with Gasteiger partial charge in [-0.15, -0.1) is 0 Å². The van der Waals surface area contributed by atoms with Gasteiger partial charge in [0.2, 0.25) is 0 Å². The van der Waals surface area contributed by atoms with Crippen molar-refractivity contribution < 1.29 is 4.39 Å². The molecule has 0 aliphatic heterocycles. The van der Waals surface area contributed by atoms with E-state index in [1.54, 1.807) is 6.07 Å². The van der Waals surface area contributed by atoms with Crippen LogP contribution in [0.5, 0.6) is 0 Å². The van der Waals surface area contributed by atoms with Crippen molar-refractivity contribution in [2.24, 2.45) is 0 Å². The SMILES string of the molecule is Cc1cc(N)c(F)cc1C#CCBr. The van der Waals surface area contributed by atoms with Gasteiger partial charge in [-0.25, -0.2) is 4.39 Å². The fourth-order valence-electron chi connectivity index (χ4n) is 0.967. The Morgan fingerprint density at radius 3 is 2.85 bits per heavy atom. The molecule has 0 saturated carbocycles. The average molecular weight is 242 g/mol. The first-order valence-electron chi connectivity index (χ1n) is 3.75. The maximum atomic E-state index is 13.0. The minimum atomic E-state index is -0.413. The molecule has 2 N–H and O–H groups in total. The molecule has 0 spiro atoms. The van der Waals surface area contributed by atoms with Crippen LogP contribution in [-0.2, 0) is 0 Å². The molecular formula is C10H9BrFN. The predicted molar refractivity (Wildman–Crippen MR) is 56.2 cm³/mol. The standard InChI is InChI=1S/C10H9BrFN/c1-7-5-10(13)9(12)6-8(7)3-2-4-11/h5-6H,4,13H2,1H3. The van der Waals surface area contributed by atoms with Gasteiger partial charge in [0, 0.05) is 5.56 Å². The summed E-state index contributed by atoms with van der Waals surface area (Å²) in [5, 5.41) is 0.582. The van der Waals surface area contributed by atoms with Gasteiger partial charge in [0.25, 0.3) is 0 Å². The van der Waals surface area contributed by atoms with Crippen LogP contribution < -0.4 is 5.73 Å². The Hall–Kier alpha value is -1.01. The lowest BCUT2D eigenvalue weighted by molar-refractivity contribution is 0.631. The molecular weight excluding hydrogens is 233 g/mol. The van der Waals surface area contributed by atoms with Crippen molar-refractivity contribution in [3.05, 3.63) is 29.1 Å². The smallest absolute Gasteiger partial charge is 0.147 e.